The van der Waals surface area contributed by atoms with E-state index in [-0.39, 0.29) is 18.8 Å². The lowest BCUT2D eigenvalue weighted by atomic mass is 10.1. The van der Waals surface area contributed by atoms with Gasteiger partial charge in [-0.05, 0) is 12.1 Å². The summed E-state index contributed by atoms with van der Waals surface area (Å²) in [6.07, 6.45) is 0. The first kappa shape index (κ1) is 13.9. The van der Waals surface area contributed by atoms with Gasteiger partial charge in [0.25, 0.3) is 5.69 Å². The fraction of sp³-hybridized carbons (Fsp3) is 0.364. The first-order valence-electron chi connectivity index (χ1n) is 5.27. The van der Waals surface area contributed by atoms with Crippen LogP contribution in [0.5, 0.6) is 0 Å². The van der Waals surface area contributed by atoms with Gasteiger partial charge in [0.05, 0.1) is 10.9 Å². The van der Waals surface area contributed by atoms with Crippen LogP contribution in [0, 0.1) is 10.1 Å². The molecule has 18 heavy (non-hydrogen) atoms. The smallest absolute Gasteiger partial charge is 0.274 e. The zero-order chi connectivity index (χ0) is 13.7. The Balaban J connectivity index is 2.93. The van der Waals surface area contributed by atoms with Crippen molar-refractivity contribution in [2.75, 3.05) is 25.5 Å². The Morgan fingerprint density at radius 3 is 2.61 bits per heavy atom. The highest BCUT2D eigenvalue weighted by atomic mass is 16.6. The summed E-state index contributed by atoms with van der Waals surface area (Å²) in [6.45, 7) is -0.241. The molecule has 1 aromatic carbocycles. The molecule has 98 valence electrons. The number of carboxylic acids is 1. The van der Waals surface area contributed by atoms with E-state index in [0.29, 0.717) is 5.56 Å². The van der Waals surface area contributed by atoms with Crippen LogP contribution >= 0.6 is 0 Å². The molecule has 0 aliphatic heterocycles. The van der Waals surface area contributed by atoms with Crippen LogP contribution < -0.4 is 15.3 Å². The van der Waals surface area contributed by atoms with Crippen LogP contribution in [0.4, 0.5) is 11.4 Å². The molecule has 0 spiro atoms. The predicted molar refractivity (Wildman–Crippen MR) is 64.1 cm³/mol. The van der Waals surface area contributed by atoms with Crippen molar-refractivity contribution in [3.63, 3.8) is 0 Å². The Hall–Kier alpha value is -2.15. The van der Waals surface area contributed by atoms with Gasteiger partial charge in [0.2, 0.25) is 0 Å². The van der Waals surface area contributed by atoms with Crippen molar-refractivity contribution in [1.29, 1.82) is 0 Å². The largest absolute Gasteiger partial charge is 0.549 e. The molecule has 0 fully saturated rings. The van der Waals surface area contributed by atoms with Gasteiger partial charge >= 0.3 is 0 Å². The number of hydrogen-bond acceptors (Lipinski definition) is 6. The Labute approximate surface area is 104 Å². The van der Waals surface area contributed by atoms with Gasteiger partial charge in [-0.3, -0.25) is 10.1 Å². The average Bonchev–Trinajstić information content (AvgIpc) is 2.27. The molecule has 0 heterocycles. The van der Waals surface area contributed by atoms with Crippen molar-refractivity contribution in [3.8, 4) is 0 Å². The summed E-state index contributed by atoms with van der Waals surface area (Å²) in [5.41, 5.74) is 1.21. The molecular formula is C11H14N3O4-. The molecule has 0 saturated heterocycles. The second-order valence-corrected chi connectivity index (χ2v) is 3.94. The molecule has 0 atom stereocenters. The number of carbonyl (C=O) groups excluding carboxylic acids is 1. The maximum Gasteiger partial charge on any atom is 0.274 e. The number of nitro benzene ring substituents is 1. The summed E-state index contributed by atoms with van der Waals surface area (Å²) in [4.78, 5) is 22.4. The fourth-order valence-corrected chi connectivity index (χ4v) is 1.47. The van der Waals surface area contributed by atoms with Crippen LogP contribution in [0.15, 0.2) is 18.2 Å². The number of hydrogen-bond donors (Lipinski definition) is 1. The number of nitro groups is 1. The van der Waals surface area contributed by atoms with E-state index >= 15 is 0 Å². The van der Waals surface area contributed by atoms with Gasteiger partial charge in [-0.25, -0.2) is 0 Å². The zero-order valence-corrected chi connectivity index (χ0v) is 10.2. The maximum absolute atomic E-state index is 10.8. The van der Waals surface area contributed by atoms with Gasteiger partial charge in [-0.15, -0.1) is 0 Å². The van der Waals surface area contributed by atoms with E-state index in [4.69, 9.17) is 0 Å². The number of carbonyl (C=O) groups is 1. The van der Waals surface area contributed by atoms with Gasteiger partial charge in [0, 0.05) is 44.5 Å². The highest BCUT2D eigenvalue weighted by molar-refractivity contribution is 5.66. The Morgan fingerprint density at radius 1 is 1.44 bits per heavy atom. The van der Waals surface area contributed by atoms with E-state index in [1.165, 1.54) is 6.07 Å². The Kier molecular flexibility index (Phi) is 4.61. The Morgan fingerprint density at radius 2 is 2.11 bits per heavy atom. The second-order valence-electron chi connectivity index (χ2n) is 3.94. The number of nitrogens with zero attached hydrogens (tertiary/aromatic N) is 2. The maximum atomic E-state index is 10.8. The van der Waals surface area contributed by atoms with E-state index < -0.39 is 10.9 Å². The predicted octanol–water partition coefficient (Wildman–Crippen LogP) is -0.500. The average molecular weight is 252 g/mol. The molecule has 0 aromatic heterocycles. The summed E-state index contributed by atoms with van der Waals surface area (Å²) in [5, 5.41) is 23.7. The summed E-state index contributed by atoms with van der Waals surface area (Å²) in [6, 6.07) is 4.70. The minimum absolute atomic E-state index is 0.0357. The van der Waals surface area contributed by atoms with Gasteiger partial charge < -0.3 is 20.1 Å². The summed E-state index contributed by atoms with van der Waals surface area (Å²) < 4.78 is 0. The van der Waals surface area contributed by atoms with E-state index in [1.54, 1.807) is 12.1 Å². The Bertz CT molecular complexity index is 460. The van der Waals surface area contributed by atoms with Crippen molar-refractivity contribution in [3.05, 3.63) is 33.9 Å². The lowest BCUT2D eigenvalue weighted by Gasteiger charge is -2.14. The molecule has 7 nitrogen and oxygen atoms in total. The summed E-state index contributed by atoms with van der Waals surface area (Å²) in [5.74, 6) is -1.25. The van der Waals surface area contributed by atoms with E-state index in [1.807, 2.05) is 19.0 Å². The number of benzene rings is 1. The van der Waals surface area contributed by atoms with Crippen LogP contribution in [-0.4, -0.2) is 31.5 Å². The van der Waals surface area contributed by atoms with Crippen molar-refractivity contribution < 1.29 is 14.8 Å². The van der Waals surface area contributed by atoms with E-state index in [9.17, 15) is 20.0 Å². The quantitative estimate of drug-likeness (QED) is 0.541. The molecule has 7 heteroatoms. The zero-order valence-electron chi connectivity index (χ0n) is 10.2. The topological polar surface area (TPSA) is 98.5 Å². The summed E-state index contributed by atoms with van der Waals surface area (Å²) in [7, 11) is 3.64. The van der Waals surface area contributed by atoms with E-state index in [0.717, 1.165) is 5.69 Å². The van der Waals surface area contributed by atoms with Crippen molar-refractivity contribution in [2.45, 2.75) is 6.54 Å². The van der Waals surface area contributed by atoms with Crippen LogP contribution in [0.1, 0.15) is 5.56 Å². The molecule has 1 N–H and O–H groups in total. The lowest BCUT2D eigenvalue weighted by molar-refractivity contribution is -0.385. The minimum Gasteiger partial charge on any atom is -0.549 e. The first-order valence-corrected chi connectivity index (χ1v) is 5.27. The van der Waals surface area contributed by atoms with Gasteiger partial charge in [-0.1, -0.05) is 0 Å². The van der Waals surface area contributed by atoms with Gasteiger partial charge in [-0.2, -0.15) is 0 Å². The van der Waals surface area contributed by atoms with Gasteiger partial charge in [0.15, 0.2) is 0 Å². The second kappa shape index (κ2) is 5.97. The van der Waals surface area contributed by atoms with Gasteiger partial charge in [0.1, 0.15) is 0 Å². The third-order valence-corrected chi connectivity index (χ3v) is 2.36. The van der Waals surface area contributed by atoms with Crippen molar-refractivity contribution in [1.82, 2.24) is 5.32 Å². The van der Waals surface area contributed by atoms with Crippen molar-refractivity contribution >= 4 is 17.3 Å². The number of aliphatic carboxylic acids is 1. The highest BCUT2D eigenvalue weighted by Crippen LogP contribution is 2.23. The molecule has 1 rings (SSSR count). The molecular weight excluding hydrogens is 238 g/mol. The molecule has 0 saturated carbocycles. The third-order valence-electron chi connectivity index (χ3n) is 2.36. The van der Waals surface area contributed by atoms with Crippen LogP contribution in [0.2, 0.25) is 0 Å². The van der Waals surface area contributed by atoms with Crippen LogP contribution in [0.3, 0.4) is 0 Å². The number of nitrogens with one attached hydrogen (secondary N) is 1. The number of rotatable bonds is 6. The molecule has 0 aliphatic carbocycles. The lowest BCUT2D eigenvalue weighted by Crippen LogP contribution is -2.34. The minimum atomic E-state index is -1.25. The first-order chi connectivity index (χ1) is 8.41. The van der Waals surface area contributed by atoms with Crippen LogP contribution in [-0.2, 0) is 11.3 Å². The van der Waals surface area contributed by atoms with Crippen molar-refractivity contribution in [2.24, 2.45) is 0 Å². The molecule has 0 aliphatic rings. The molecule has 0 radical (unpaired) electrons. The number of carboxylic acid groups (broad SMARTS) is 1. The standard InChI is InChI=1S/C11H15N3O4/c1-13(2)9-3-4-10(14(17)18)8(5-9)6-12-7-11(15)16/h3-5,12H,6-7H2,1-2H3,(H,15,16)/p-1. The van der Waals surface area contributed by atoms with E-state index in [2.05, 4.69) is 5.32 Å². The number of anilines is 1. The SMILES string of the molecule is CN(C)c1ccc([N+](=O)[O-])c(CNCC(=O)[O-])c1. The normalized spacial score (nSPS) is 10.1. The molecule has 0 amide bonds. The third kappa shape index (κ3) is 3.70. The monoisotopic (exact) mass is 252 g/mol. The molecule has 0 bridgehead atoms. The molecule has 1 aromatic rings. The molecule has 0 unspecified atom stereocenters. The summed E-state index contributed by atoms with van der Waals surface area (Å²) >= 11 is 0. The van der Waals surface area contributed by atoms with Crippen LogP contribution in [0.25, 0.3) is 0 Å². The highest BCUT2D eigenvalue weighted by Gasteiger charge is 2.14. The fourth-order valence-electron chi connectivity index (χ4n) is 1.47.